The minimum atomic E-state index is -1.03. The Bertz CT molecular complexity index is 76.2. The molecule has 9 heavy (non-hydrogen) atoms. The van der Waals surface area contributed by atoms with Crippen molar-refractivity contribution in [2.75, 3.05) is 21.3 Å². The van der Waals surface area contributed by atoms with Gasteiger partial charge in [-0.2, -0.15) is 5.48 Å². The summed E-state index contributed by atoms with van der Waals surface area (Å²) in [7, 11) is 7.53. The van der Waals surface area contributed by atoms with Crippen LogP contribution in [-0.4, -0.2) is 37.1 Å². The first kappa shape index (κ1) is 9.06. The molecule has 0 atom stereocenters. The van der Waals surface area contributed by atoms with Gasteiger partial charge in [0.1, 0.15) is 10.2 Å². The maximum atomic E-state index is 4.78. The maximum absolute atomic E-state index is 4.78. The first-order chi connectivity index (χ1) is 4.18. The molecule has 0 amide bonds. The van der Waals surface area contributed by atoms with Crippen LogP contribution in [0.5, 0.6) is 0 Å². The van der Waals surface area contributed by atoms with Gasteiger partial charge in [-0.3, -0.25) is 0 Å². The Morgan fingerprint density at radius 1 is 1.22 bits per heavy atom. The standard InChI is InChI=1S/C4H10NO3Si/c1-6-4(9,7-2)5-8-3/h5H,1-3H3. The molecule has 0 saturated heterocycles. The van der Waals surface area contributed by atoms with E-state index >= 15 is 0 Å². The summed E-state index contributed by atoms with van der Waals surface area (Å²) < 4.78 is 9.57. The lowest BCUT2D eigenvalue weighted by atomic mass is 11.1. The van der Waals surface area contributed by atoms with Crippen LogP contribution in [0.15, 0.2) is 0 Å². The van der Waals surface area contributed by atoms with E-state index in [0.29, 0.717) is 0 Å². The van der Waals surface area contributed by atoms with Crippen LogP contribution in [0, 0.1) is 0 Å². The van der Waals surface area contributed by atoms with E-state index < -0.39 is 5.53 Å². The maximum Gasteiger partial charge on any atom is 0.218 e. The van der Waals surface area contributed by atoms with Crippen LogP contribution in [0.25, 0.3) is 0 Å². The third kappa shape index (κ3) is 2.92. The van der Waals surface area contributed by atoms with Gasteiger partial charge in [-0.15, -0.1) is 0 Å². The molecule has 1 N–H and O–H groups in total. The van der Waals surface area contributed by atoms with Crippen LogP contribution in [0.1, 0.15) is 0 Å². The highest BCUT2D eigenvalue weighted by molar-refractivity contribution is 6.12. The molecule has 0 heterocycles. The molecule has 0 aromatic carbocycles. The lowest BCUT2D eigenvalue weighted by molar-refractivity contribution is -0.222. The second-order valence-electron chi connectivity index (χ2n) is 1.33. The Balaban J connectivity index is 3.62. The Morgan fingerprint density at radius 3 is 1.78 bits per heavy atom. The minimum Gasteiger partial charge on any atom is -0.344 e. The highest BCUT2D eigenvalue weighted by Crippen LogP contribution is 1.98. The summed E-state index contributed by atoms with van der Waals surface area (Å²) in [6.45, 7) is 0. The van der Waals surface area contributed by atoms with E-state index in [0.717, 1.165) is 0 Å². The molecule has 0 aliphatic rings. The number of nitrogens with one attached hydrogen (secondary N) is 1. The molecule has 5 heteroatoms. The third-order valence-corrected chi connectivity index (χ3v) is 1.32. The van der Waals surface area contributed by atoms with Crippen LogP contribution in [-0.2, 0) is 14.3 Å². The van der Waals surface area contributed by atoms with Crippen molar-refractivity contribution in [3.63, 3.8) is 0 Å². The molecule has 0 bridgehead atoms. The number of ether oxygens (including phenoxy) is 2. The van der Waals surface area contributed by atoms with Crippen LogP contribution < -0.4 is 5.48 Å². The Hall–Kier alpha value is 0.0569. The monoisotopic (exact) mass is 148 g/mol. The van der Waals surface area contributed by atoms with Gasteiger partial charge in [-0.1, -0.05) is 0 Å². The van der Waals surface area contributed by atoms with Crippen molar-refractivity contribution in [2.24, 2.45) is 0 Å². The topological polar surface area (TPSA) is 39.7 Å². The zero-order valence-corrected chi connectivity index (χ0v) is 6.72. The first-order valence-electron chi connectivity index (χ1n) is 2.34. The molecule has 0 aliphatic heterocycles. The minimum absolute atomic E-state index is 1.03. The van der Waals surface area contributed by atoms with Crippen molar-refractivity contribution in [2.45, 2.75) is 5.53 Å². The lowest BCUT2D eigenvalue weighted by Gasteiger charge is -2.25. The number of hydrogen-bond donors (Lipinski definition) is 1. The molecule has 0 aromatic rings. The van der Waals surface area contributed by atoms with Crippen molar-refractivity contribution < 1.29 is 14.3 Å². The lowest BCUT2D eigenvalue weighted by Crippen LogP contribution is -2.48. The highest BCUT2D eigenvalue weighted by atomic mass is 28.1. The Labute approximate surface area is 57.8 Å². The predicted molar refractivity (Wildman–Crippen MR) is 32.6 cm³/mol. The third-order valence-electron chi connectivity index (χ3n) is 0.811. The number of hydroxylamine groups is 1. The van der Waals surface area contributed by atoms with Crippen molar-refractivity contribution in [3.8, 4) is 0 Å². The van der Waals surface area contributed by atoms with Gasteiger partial charge in [-0.25, -0.2) is 0 Å². The molecule has 0 fully saturated rings. The summed E-state index contributed by atoms with van der Waals surface area (Å²) in [6.07, 6.45) is 0. The van der Waals surface area contributed by atoms with Crippen LogP contribution in [0.4, 0.5) is 0 Å². The van der Waals surface area contributed by atoms with E-state index in [1.54, 1.807) is 0 Å². The fourth-order valence-corrected chi connectivity index (χ4v) is 0.403. The summed E-state index contributed by atoms with van der Waals surface area (Å²) in [4.78, 5) is 4.54. The second-order valence-corrected chi connectivity index (χ2v) is 1.99. The van der Waals surface area contributed by atoms with Crippen LogP contribution in [0.3, 0.4) is 0 Å². The SMILES string of the molecule is CONC([Si])(OC)OC. The van der Waals surface area contributed by atoms with Gasteiger partial charge in [-0.05, 0) is 0 Å². The summed E-state index contributed by atoms with van der Waals surface area (Å²) in [5.74, 6) is 0. The number of methoxy groups -OCH3 is 2. The molecule has 4 nitrogen and oxygen atoms in total. The second kappa shape index (κ2) is 3.97. The quantitative estimate of drug-likeness (QED) is 0.322. The Morgan fingerprint density at radius 2 is 1.67 bits per heavy atom. The van der Waals surface area contributed by atoms with E-state index in [1.807, 2.05) is 0 Å². The fraction of sp³-hybridized carbons (Fsp3) is 1.00. The van der Waals surface area contributed by atoms with Gasteiger partial charge in [0.05, 0.1) is 7.11 Å². The zero-order valence-electron chi connectivity index (χ0n) is 5.72. The molecule has 3 radical (unpaired) electrons. The fourth-order valence-electron chi connectivity index (χ4n) is 0.301. The van der Waals surface area contributed by atoms with E-state index in [9.17, 15) is 0 Å². The molecule has 53 valence electrons. The van der Waals surface area contributed by atoms with Gasteiger partial charge in [0, 0.05) is 14.2 Å². The van der Waals surface area contributed by atoms with Gasteiger partial charge < -0.3 is 14.3 Å². The average molecular weight is 148 g/mol. The Kier molecular flexibility index (Phi) is 3.99. The van der Waals surface area contributed by atoms with Gasteiger partial charge in [0.25, 0.3) is 0 Å². The molecule has 0 saturated carbocycles. The van der Waals surface area contributed by atoms with Crippen molar-refractivity contribution in [1.82, 2.24) is 5.48 Å². The molecule has 0 unspecified atom stereocenters. The van der Waals surface area contributed by atoms with Crippen molar-refractivity contribution >= 4 is 10.2 Å². The number of rotatable bonds is 4. The van der Waals surface area contributed by atoms with Gasteiger partial charge in [0.2, 0.25) is 5.53 Å². The normalized spacial score (nSPS) is 12.0. The molecule has 0 aliphatic carbocycles. The van der Waals surface area contributed by atoms with Gasteiger partial charge >= 0.3 is 0 Å². The summed E-state index contributed by atoms with van der Waals surface area (Å²) >= 11 is 0. The average Bonchev–Trinajstić information content (AvgIpc) is 1.89. The summed E-state index contributed by atoms with van der Waals surface area (Å²) in [6, 6.07) is 0. The summed E-state index contributed by atoms with van der Waals surface area (Å²) in [5, 5.41) is 0. The molecular weight excluding hydrogens is 138 g/mol. The molecule has 0 aromatic heterocycles. The predicted octanol–water partition coefficient (Wildman–Crippen LogP) is -0.790. The van der Waals surface area contributed by atoms with Crippen LogP contribution >= 0.6 is 0 Å². The van der Waals surface area contributed by atoms with Gasteiger partial charge in [0.15, 0.2) is 0 Å². The zero-order chi connectivity index (χ0) is 7.33. The van der Waals surface area contributed by atoms with E-state index in [2.05, 4.69) is 20.6 Å². The first-order valence-corrected chi connectivity index (χ1v) is 2.84. The molecule has 0 spiro atoms. The summed E-state index contributed by atoms with van der Waals surface area (Å²) in [5.41, 5.74) is 1.39. The van der Waals surface area contributed by atoms with E-state index in [-0.39, 0.29) is 0 Å². The molecule has 0 rings (SSSR count). The van der Waals surface area contributed by atoms with E-state index in [1.165, 1.54) is 21.3 Å². The molecular formula is C4H10NO3Si. The van der Waals surface area contributed by atoms with Crippen molar-refractivity contribution in [1.29, 1.82) is 0 Å². The smallest absolute Gasteiger partial charge is 0.218 e. The van der Waals surface area contributed by atoms with E-state index in [4.69, 9.17) is 9.47 Å². The van der Waals surface area contributed by atoms with Crippen molar-refractivity contribution in [3.05, 3.63) is 0 Å². The number of hydrogen-bond acceptors (Lipinski definition) is 4. The largest absolute Gasteiger partial charge is 0.344 e. The van der Waals surface area contributed by atoms with Crippen LogP contribution in [0.2, 0.25) is 0 Å². The highest BCUT2D eigenvalue weighted by Gasteiger charge is 2.20.